The van der Waals surface area contributed by atoms with Crippen molar-refractivity contribution in [2.24, 2.45) is 0 Å². The zero-order valence-corrected chi connectivity index (χ0v) is 13.2. The number of anilines is 1. The second kappa shape index (κ2) is 6.78. The summed E-state index contributed by atoms with van der Waals surface area (Å²) in [6, 6.07) is 9.97. The van der Waals surface area contributed by atoms with Gasteiger partial charge >= 0.3 is 5.00 Å². The molecule has 2 aromatic rings. The van der Waals surface area contributed by atoms with Crippen molar-refractivity contribution in [3.8, 4) is 5.75 Å². The van der Waals surface area contributed by atoms with E-state index in [9.17, 15) is 14.9 Å². The first kappa shape index (κ1) is 15.5. The molecular formula is C16H16N2O4S. The molecular weight excluding hydrogens is 316 g/mol. The minimum absolute atomic E-state index is 0.0459. The SMILES string of the molecule is O=C(Nc1ccc(OC2CCCC2)cc1)c1ccc([N+](=O)[O-])s1. The van der Waals surface area contributed by atoms with E-state index in [1.807, 2.05) is 12.1 Å². The highest BCUT2D eigenvalue weighted by Gasteiger charge is 2.17. The summed E-state index contributed by atoms with van der Waals surface area (Å²) in [6.45, 7) is 0. The lowest BCUT2D eigenvalue weighted by Crippen LogP contribution is -2.11. The molecule has 1 fully saturated rings. The molecule has 3 rings (SSSR count). The Morgan fingerprint density at radius 2 is 1.87 bits per heavy atom. The van der Waals surface area contributed by atoms with Crippen molar-refractivity contribution in [1.29, 1.82) is 0 Å². The minimum atomic E-state index is -0.503. The summed E-state index contributed by atoms with van der Waals surface area (Å²) < 4.78 is 5.86. The van der Waals surface area contributed by atoms with Gasteiger partial charge in [0.25, 0.3) is 5.91 Å². The molecule has 1 aliphatic rings. The van der Waals surface area contributed by atoms with Crippen LogP contribution in [0.2, 0.25) is 0 Å². The molecule has 1 saturated carbocycles. The summed E-state index contributed by atoms with van der Waals surface area (Å²) in [4.78, 5) is 22.5. The van der Waals surface area contributed by atoms with Crippen LogP contribution in [0, 0.1) is 10.1 Å². The van der Waals surface area contributed by atoms with Gasteiger partial charge in [0.05, 0.1) is 15.9 Å². The van der Waals surface area contributed by atoms with Gasteiger partial charge in [-0.1, -0.05) is 11.3 Å². The molecule has 1 aromatic heterocycles. The Bertz CT molecular complexity index is 705. The lowest BCUT2D eigenvalue weighted by molar-refractivity contribution is -0.380. The number of nitrogens with one attached hydrogen (secondary N) is 1. The quantitative estimate of drug-likeness (QED) is 0.656. The Kier molecular flexibility index (Phi) is 4.57. The standard InChI is InChI=1S/C16H16N2O4S/c19-16(14-9-10-15(23-14)18(20)21)17-11-5-7-13(8-6-11)22-12-3-1-2-4-12/h5-10,12H,1-4H2,(H,17,19). The Labute approximate surface area is 137 Å². The molecule has 0 aliphatic heterocycles. The summed E-state index contributed by atoms with van der Waals surface area (Å²) in [5, 5.41) is 13.3. The lowest BCUT2D eigenvalue weighted by atomic mass is 10.2. The first-order valence-electron chi connectivity index (χ1n) is 7.44. The van der Waals surface area contributed by atoms with Crippen molar-refractivity contribution in [2.45, 2.75) is 31.8 Å². The van der Waals surface area contributed by atoms with Crippen molar-refractivity contribution < 1.29 is 14.5 Å². The molecule has 0 unspecified atom stereocenters. The van der Waals surface area contributed by atoms with E-state index in [1.54, 1.807) is 12.1 Å². The number of rotatable bonds is 5. The van der Waals surface area contributed by atoms with Gasteiger partial charge in [0.15, 0.2) is 0 Å². The molecule has 1 N–H and O–H groups in total. The number of carbonyl (C=O) groups excluding carboxylic acids is 1. The maximum atomic E-state index is 12.1. The molecule has 1 aromatic carbocycles. The van der Waals surface area contributed by atoms with Gasteiger partial charge < -0.3 is 10.1 Å². The van der Waals surface area contributed by atoms with Gasteiger partial charge in [-0.2, -0.15) is 0 Å². The van der Waals surface area contributed by atoms with Crippen LogP contribution < -0.4 is 10.1 Å². The second-order valence-corrected chi connectivity index (χ2v) is 6.46. The third-order valence-corrected chi connectivity index (χ3v) is 4.75. The second-order valence-electron chi connectivity index (χ2n) is 5.40. The highest BCUT2D eigenvalue weighted by Crippen LogP contribution is 2.26. The number of nitro groups is 1. The summed E-state index contributed by atoms with van der Waals surface area (Å²) in [7, 11) is 0. The van der Waals surface area contributed by atoms with Gasteiger partial charge in [-0.05, 0) is 56.0 Å². The summed E-state index contributed by atoms with van der Waals surface area (Å²) in [6.07, 6.45) is 4.91. The van der Waals surface area contributed by atoms with E-state index in [4.69, 9.17) is 4.74 Å². The molecule has 0 spiro atoms. The first-order chi connectivity index (χ1) is 11.1. The number of hydrogen-bond acceptors (Lipinski definition) is 5. The fourth-order valence-corrected chi connectivity index (χ4v) is 3.27. The molecule has 0 radical (unpaired) electrons. The maximum Gasteiger partial charge on any atom is 0.324 e. The molecule has 1 amide bonds. The fraction of sp³-hybridized carbons (Fsp3) is 0.312. The fourth-order valence-electron chi connectivity index (χ4n) is 2.56. The third kappa shape index (κ3) is 3.87. The van der Waals surface area contributed by atoms with E-state index in [0.717, 1.165) is 29.9 Å². The van der Waals surface area contributed by atoms with Crippen molar-refractivity contribution in [2.75, 3.05) is 5.32 Å². The molecule has 1 aliphatic carbocycles. The predicted molar refractivity (Wildman–Crippen MR) is 88.3 cm³/mol. The van der Waals surface area contributed by atoms with Crippen LogP contribution in [0.5, 0.6) is 5.75 Å². The van der Waals surface area contributed by atoms with Gasteiger partial charge in [0, 0.05) is 11.8 Å². The summed E-state index contributed by atoms with van der Waals surface area (Å²) >= 11 is 0.857. The Hall–Kier alpha value is -2.41. The van der Waals surface area contributed by atoms with E-state index in [1.165, 1.54) is 25.0 Å². The van der Waals surface area contributed by atoms with Crippen LogP contribution in [0.25, 0.3) is 0 Å². The molecule has 0 saturated heterocycles. The Morgan fingerprint density at radius 1 is 1.17 bits per heavy atom. The number of thiophene rings is 1. The summed E-state index contributed by atoms with van der Waals surface area (Å²) in [5.41, 5.74) is 0.629. The van der Waals surface area contributed by atoms with Crippen molar-refractivity contribution in [3.05, 3.63) is 51.4 Å². The number of amides is 1. The number of benzene rings is 1. The van der Waals surface area contributed by atoms with Crippen LogP contribution in [0.1, 0.15) is 35.4 Å². The van der Waals surface area contributed by atoms with E-state index in [0.29, 0.717) is 16.7 Å². The summed E-state index contributed by atoms with van der Waals surface area (Å²) in [5.74, 6) is 0.439. The maximum absolute atomic E-state index is 12.1. The monoisotopic (exact) mass is 332 g/mol. The first-order valence-corrected chi connectivity index (χ1v) is 8.26. The van der Waals surface area contributed by atoms with Crippen LogP contribution in [0.3, 0.4) is 0 Å². The van der Waals surface area contributed by atoms with Gasteiger partial charge in [-0.25, -0.2) is 0 Å². The van der Waals surface area contributed by atoms with E-state index in [2.05, 4.69) is 5.32 Å². The molecule has 1 heterocycles. The molecule has 120 valence electrons. The number of hydrogen-bond donors (Lipinski definition) is 1. The van der Waals surface area contributed by atoms with Crippen LogP contribution in [-0.4, -0.2) is 16.9 Å². The molecule has 0 atom stereocenters. The number of nitrogens with zero attached hydrogens (tertiary/aromatic N) is 1. The molecule has 6 nitrogen and oxygen atoms in total. The topological polar surface area (TPSA) is 81.5 Å². The smallest absolute Gasteiger partial charge is 0.324 e. The molecule has 7 heteroatoms. The van der Waals surface area contributed by atoms with Crippen molar-refractivity contribution >= 4 is 27.9 Å². The van der Waals surface area contributed by atoms with Gasteiger partial charge in [0.2, 0.25) is 0 Å². The van der Waals surface area contributed by atoms with Gasteiger partial charge in [0.1, 0.15) is 5.75 Å². The highest BCUT2D eigenvalue weighted by atomic mass is 32.1. The highest BCUT2D eigenvalue weighted by molar-refractivity contribution is 7.17. The van der Waals surface area contributed by atoms with Crippen molar-refractivity contribution in [3.63, 3.8) is 0 Å². The lowest BCUT2D eigenvalue weighted by Gasteiger charge is -2.13. The van der Waals surface area contributed by atoms with E-state index in [-0.39, 0.29) is 10.9 Å². The van der Waals surface area contributed by atoms with Gasteiger partial charge in [-0.3, -0.25) is 14.9 Å². The number of carbonyl (C=O) groups is 1. The molecule has 23 heavy (non-hydrogen) atoms. The van der Waals surface area contributed by atoms with Crippen LogP contribution in [-0.2, 0) is 0 Å². The normalized spacial score (nSPS) is 14.6. The predicted octanol–water partition coefficient (Wildman–Crippen LogP) is 4.23. The van der Waals surface area contributed by atoms with Crippen LogP contribution in [0.15, 0.2) is 36.4 Å². The third-order valence-electron chi connectivity index (χ3n) is 3.71. The van der Waals surface area contributed by atoms with Gasteiger partial charge in [-0.15, -0.1) is 0 Å². The zero-order valence-electron chi connectivity index (χ0n) is 12.4. The Balaban J connectivity index is 1.60. The largest absolute Gasteiger partial charge is 0.490 e. The van der Waals surface area contributed by atoms with E-state index < -0.39 is 4.92 Å². The number of ether oxygens (including phenoxy) is 1. The Morgan fingerprint density at radius 3 is 2.48 bits per heavy atom. The zero-order chi connectivity index (χ0) is 16.2. The minimum Gasteiger partial charge on any atom is -0.490 e. The van der Waals surface area contributed by atoms with Crippen LogP contribution >= 0.6 is 11.3 Å². The van der Waals surface area contributed by atoms with Crippen molar-refractivity contribution in [1.82, 2.24) is 0 Å². The average molecular weight is 332 g/mol. The molecule has 0 bridgehead atoms. The van der Waals surface area contributed by atoms with Crippen LogP contribution in [0.4, 0.5) is 10.7 Å². The van der Waals surface area contributed by atoms with E-state index >= 15 is 0 Å². The average Bonchev–Trinajstić information content (AvgIpc) is 3.20.